The van der Waals surface area contributed by atoms with Crippen LogP contribution in [-0.4, -0.2) is 45.6 Å². The van der Waals surface area contributed by atoms with Gasteiger partial charge >= 0.3 is 6.01 Å². The first-order chi connectivity index (χ1) is 9.67. The molecule has 0 radical (unpaired) electrons. The number of hydrogen-bond acceptors (Lipinski definition) is 5. The molecule has 0 fully saturated rings. The summed E-state index contributed by atoms with van der Waals surface area (Å²) in [6, 6.07) is 5.26. The van der Waals surface area contributed by atoms with Crippen molar-refractivity contribution in [1.82, 2.24) is 20.1 Å². The number of nitrogens with zero attached hydrogens (tertiary/aromatic N) is 3. The number of imide groups is 1. The molecule has 7 nitrogen and oxygen atoms in total. The van der Waals surface area contributed by atoms with Gasteiger partial charge in [0, 0.05) is 12.1 Å². The Hall–Kier alpha value is -2.70. The molecule has 3 rings (SSSR count). The lowest BCUT2D eigenvalue weighted by molar-refractivity contribution is 0.0663. The molecule has 1 N–H and O–H groups in total. The van der Waals surface area contributed by atoms with Crippen LogP contribution < -0.4 is 4.74 Å². The van der Waals surface area contributed by atoms with Crippen molar-refractivity contribution in [2.24, 2.45) is 0 Å². The van der Waals surface area contributed by atoms with Crippen molar-refractivity contribution in [1.29, 1.82) is 0 Å². The van der Waals surface area contributed by atoms with Crippen LogP contribution in [-0.2, 0) is 0 Å². The number of amides is 2. The second-order valence-corrected chi connectivity index (χ2v) is 4.25. The van der Waals surface area contributed by atoms with E-state index in [2.05, 4.69) is 15.2 Å². The maximum Gasteiger partial charge on any atom is 0.335 e. The van der Waals surface area contributed by atoms with E-state index in [1.54, 1.807) is 25.1 Å². The highest BCUT2D eigenvalue weighted by atomic mass is 16.5. The van der Waals surface area contributed by atoms with Gasteiger partial charge in [-0.05, 0) is 13.0 Å². The summed E-state index contributed by atoms with van der Waals surface area (Å²) < 4.78 is 4.91. The third kappa shape index (κ3) is 1.59. The number of aromatic amines is 1. The molecule has 102 valence electrons. The first kappa shape index (κ1) is 12.3. The Bertz CT molecular complexity index is 707. The van der Waals surface area contributed by atoms with Crippen LogP contribution in [0.2, 0.25) is 0 Å². The molecule has 2 heterocycles. The lowest BCUT2D eigenvalue weighted by Crippen LogP contribution is -2.29. The summed E-state index contributed by atoms with van der Waals surface area (Å²) >= 11 is 0. The molecule has 1 aromatic carbocycles. The highest BCUT2D eigenvalue weighted by Crippen LogP contribution is 2.31. The van der Waals surface area contributed by atoms with Crippen LogP contribution in [0.4, 0.5) is 0 Å². The van der Waals surface area contributed by atoms with Crippen LogP contribution >= 0.6 is 0 Å². The maximum atomic E-state index is 12.3. The molecule has 1 aromatic heterocycles. The number of hydrogen-bond donors (Lipinski definition) is 1. The normalized spacial score (nSPS) is 13.8. The van der Waals surface area contributed by atoms with E-state index in [4.69, 9.17) is 4.74 Å². The summed E-state index contributed by atoms with van der Waals surface area (Å²) in [6.45, 7) is 2.10. The minimum Gasteiger partial charge on any atom is -0.466 e. The van der Waals surface area contributed by atoms with Gasteiger partial charge in [0.15, 0.2) is 5.82 Å². The van der Waals surface area contributed by atoms with Gasteiger partial charge in [-0.2, -0.15) is 4.98 Å². The number of fused-ring (bicyclic) bond motifs is 1. The zero-order valence-electron chi connectivity index (χ0n) is 11.0. The summed E-state index contributed by atoms with van der Waals surface area (Å²) in [7, 11) is 1.45. The average Bonchev–Trinajstić information content (AvgIpc) is 3.03. The second kappa shape index (κ2) is 4.44. The van der Waals surface area contributed by atoms with Gasteiger partial charge in [-0.25, -0.2) is 0 Å². The summed E-state index contributed by atoms with van der Waals surface area (Å²) in [5.41, 5.74) is 1.30. The van der Waals surface area contributed by atoms with Crippen molar-refractivity contribution in [3.63, 3.8) is 0 Å². The molecule has 0 saturated carbocycles. The van der Waals surface area contributed by atoms with Gasteiger partial charge < -0.3 is 4.74 Å². The zero-order valence-corrected chi connectivity index (χ0v) is 11.0. The Balaban J connectivity index is 2.17. The highest BCUT2D eigenvalue weighted by Gasteiger charge is 2.37. The monoisotopic (exact) mass is 272 g/mol. The number of nitrogens with one attached hydrogen (secondary N) is 1. The first-order valence-electron chi connectivity index (χ1n) is 6.13. The van der Waals surface area contributed by atoms with E-state index < -0.39 is 0 Å². The summed E-state index contributed by atoms with van der Waals surface area (Å²) in [6.07, 6.45) is 0. The van der Waals surface area contributed by atoms with Crippen molar-refractivity contribution in [2.75, 3.05) is 13.7 Å². The Morgan fingerprint density at radius 3 is 2.65 bits per heavy atom. The average molecular weight is 272 g/mol. The number of rotatable bonds is 3. The van der Waals surface area contributed by atoms with Crippen molar-refractivity contribution in [2.45, 2.75) is 6.92 Å². The van der Waals surface area contributed by atoms with Crippen LogP contribution in [0.5, 0.6) is 6.01 Å². The number of H-pyrrole nitrogens is 1. The summed E-state index contributed by atoms with van der Waals surface area (Å²) in [5, 5.41) is 6.55. The predicted molar refractivity (Wildman–Crippen MR) is 69.4 cm³/mol. The minimum absolute atomic E-state index is 0.182. The molecule has 7 heteroatoms. The molecule has 0 aliphatic carbocycles. The molecule has 2 amide bonds. The molecule has 0 atom stereocenters. The van der Waals surface area contributed by atoms with E-state index in [1.807, 2.05) is 0 Å². The van der Waals surface area contributed by atoms with E-state index >= 15 is 0 Å². The zero-order chi connectivity index (χ0) is 14.3. The summed E-state index contributed by atoms with van der Waals surface area (Å²) in [4.78, 5) is 29.8. The minimum atomic E-state index is -0.307. The van der Waals surface area contributed by atoms with Gasteiger partial charge in [0.05, 0.1) is 18.2 Å². The smallest absolute Gasteiger partial charge is 0.335 e. The molecule has 0 unspecified atom stereocenters. The topological polar surface area (TPSA) is 88.2 Å². The number of aromatic nitrogens is 3. The fraction of sp³-hybridized carbons (Fsp3) is 0.231. The molecular weight excluding hydrogens is 260 g/mol. The molecule has 2 aromatic rings. The van der Waals surface area contributed by atoms with Gasteiger partial charge in [-0.15, -0.1) is 5.10 Å². The fourth-order valence-electron chi connectivity index (χ4n) is 2.28. The van der Waals surface area contributed by atoms with Crippen LogP contribution in [0, 0.1) is 0 Å². The second-order valence-electron chi connectivity index (χ2n) is 4.25. The van der Waals surface area contributed by atoms with Crippen molar-refractivity contribution in [3.05, 3.63) is 29.3 Å². The first-order valence-corrected chi connectivity index (χ1v) is 6.13. The predicted octanol–water partition coefficient (Wildman–Crippen LogP) is 1.10. The third-order valence-corrected chi connectivity index (χ3v) is 3.22. The molecule has 1 aliphatic rings. The van der Waals surface area contributed by atoms with Gasteiger partial charge in [0.25, 0.3) is 11.8 Å². The van der Waals surface area contributed by atoms with Crippen LogP contribution in [0.25, 0.3) is 11.4 Å². The molecule has 1 aliphatic heterocycles. The van der Waals surface area contributed by atoms with Crippen molar-refractivity contribution in [3.8, 4) is 17.4 Å². The maximum absolute atomic E-state index is 12.3. The lowest BCUT2D eigenvalue weighted by Gasteiger charge is -2.09. The number of carbonyl (C=O) groups is 2. The molecule has 0 saturated heterocycles. The molecule has 0 spiro atoms. The highest BCUT2D eigenvalue weighted by molar-refractivity contribution is 6.23. The Kier molecular flexibility index (Phi) is 2.74. The van der Waals surface area contributed by atoms with Crippen LogP contribution in [0.3, 0.4) is 0 Å². The van der Waals surface area contributed by atoms with Crippen LogP contribution in [0.15, 0.2) is 18.2 Å². The third-order valence-electron chi connectivity index (χ3n) is 3.22. The van der Waals surface area contributed by atoms with Gasteiger partial charge in [-0.3, -0.25) is 19.6 Å². The fourth-order valence-corrected chi connectivity index (χ4v) is 2.28. The van der Waals surface area contributed by atoms with E-state index in [0.29, 0.717) is 29.1 Å². The number of ether oxygens (including phenoxy) is 1. The summed E-state index contributed by atoms with van der Waals surface area (Å²) in [5.74, 6) is -0.183. The molecular formula is C13H12N4O3. The lowest BCUT2D eigenvalue weighted by atomic mass is 10.0. The van der Waals surface area contributed by atoms with Crippen LogP contribution in [0.1, 0.15) is 27.6 Å². The number of carbonyl (C=O) groups excluding carboxylic acids is 2. The Morgan fingerprint density at radius 1 is 1.25 bits per heavy atom. The SMILES string of the molecule is CCN1C(=O)c2cccc(-c3nc(OC)n[nH]3)c2C1=O. The van der Waals surface area contributed by atoms with Gasteiger partial charge in [0.1, 0.15) is 0 Å². The quantitative estimate of drug-likeness (QED) is 0.845. The van der Waals surface area contributed by atoms with Gasteiger partial charge in [0.2, 0.25) is 0 Å². The standard InChI is InChI=1S/C13H12N4O3/c1-3-17-11(18)8-6-4-5-7(9(8)12(17)19)10-14-13(20-2)16-15-10/h4-6H,3H2,1-2H3,(H,14,15,16). The Labute approximate surface area is 114 Å². The van der Waals surface area contributed by atoms with E-state index in [-0.39, 0.29) is 17.8 Å². The van der Waals surface area contributed by atoms with E-state index in [1.165, 1.54) is 12.0 Å². The van der Waals surface area contributed by atoms with Crippen molar-refractivity contribution < 1.29 is 14.3 Å². The Morgan fingerprint density at radius 2 is 2.00 bits per heavy atom. The number of methoxy groups -OCH3 is 1. The molecule has 0 bridgehead atoms. The largest absolute Gasteiger partial charge is 0.466 e. The number of benzene rings is 1. The van der Waals surface area contributed by atoms with Crippen molar-refractivity contribution >= 4 is 11.8 Å². The van der Waals surface area contributed by atoms with E-state index in [9.17, 15) is 9.59 Å². The van der Waals surface area contributed by atoms with Gasteiger partial charge in [-0.1, -0.05) is 12.1 Å². The molecule has 20 heavy (non-hydrogen) atoms. The van der Waals surface area contributed by atoms with E-state index in [0.717, 1.165) is 0 Å².